The molecule has 4 rings (SSSR count). The van der Waals surface area contributed by atoms with Gasteiger partial charge in [-0.2, -0.15) is 18.3 Å². The number of carbonyl (C=O) groups excluding carboxylic acids is 1. The van der Waals surface area contributed by atoms with Gasteiger partial charge in [-0.1, -0.05) is 78.4 Å². The van der Waals surface area contributed by atoms with Gasteiger partial charge in [0, 0.05) is 12.3 Å². The van der Waals surface area contributed by atoms with E-state index in [0.717, 1.165) is 46.5 Å². The summed E-state index contributed by atoms with van der Waals surface area (Å²) in [5.41, 5.74) is 4.71. The Balaban J connectivity index is 1.60. The minimum absolute atomic E-state index is 0.221. The molecule has 0 aliphatic rings. The Bertz CT molecular complexity index is 1240. The molecule has 0 radical (unpaired) electrons. The molecular weight excluding hydrogens is 437 g/mol. The van der Waals surface area contributed by atoms with Crippen molar-refractivity contribution in [3.63, 3.8) is 0 Å². The highest BCUT2D eigenvalue weighted by Gasteiger charge is 2.30. The van der Waals surface area contributed by atoms with Crippen LogP contribution >= 0.6 is 0 Å². The van der Waals surface area contributed by atoms with Crippen LogP contribution in [-0.4, -0.2) is 16.1 Å². The third-order valence-corrected chi connectivity index (χ3v) is 5.77. The van der Waals surface area contributed by atoms with Gasteiger partial charge >= 0.3 is 6.18 Å². The lowest BCUT2D eigenvalue weighted by Crippen LogP contribution is -2.12. The predicted molar refractivity (Wildman–Crippen MR) is 126 cm³/mol. The Morgan fingerprint density at radius 3 is 2.26 bits per heavy atom. The molecule has 3 aromatic carbocycles. The maximum absolute atomic E-state index is 13.1. The van der Waals surface area contributed by atoms with Crippen molar-refractivity contribution < 1.29 is 18.0 Å². The molecule has 0 aliphatic heterocycles. The molecule has 0 aliphatic carbocycles. The molecule has 1 unspecified atom stereocenters. The molecule has 1 aromatic heterocycles. The fraction of sp³-hybridized carbons (Fsp3) is 0.214. The van der Waals surface area contributed by atoms with Crippen molar-refractivity contribution in [3.05, 3.63) is 113 Å². The molecule has 34 heavy (non-hydrogen) atoms. The zero-order valence-electron chi connectivity index (χ0n) is 18.8. The number of carbonyl (C=O) groups is 1. The third-order valence-electron chi connectivity index (χ3n) is 5.77. The molecule has 0 saturated carbocycles. The summed E-state index contributed by atoms with van der Waals surface area (Å²) in [5.74, 6) is -0.477. The summed E-state index contributed by atoms with van der Waals surface area (Å²) in [6, 6.07) is 25.2. The number of aldehydes is 1. The lowest BCUT2D eigenvalue weighted by molar-refractivity contribution is -0.137. The first kappa shape index (κ1) is 23.5. The lowest BCUT2D eigenvalue weighted by Gasteiger charge is -2.12. The van der Waals surface area contributed by atoms with E-state index in [2.05, 4.69) is 0 Å². The molecule has 1 atom stereocenters. The summed E-state index contributed by atoms with van der Waals surface area (Å²) in [4.78, 5) is 11.8. The minimum Gasteiger partial charge on any atom is -0.303 e. The molecule has 1 heterocycles. The summed E-state index contributed by atoms with van der Waals surface area (Å²) in [6.07, 6.45) is -3.03. The van der Waals surface area contributed by atoms with Gasteiger partial charge in [-0.25, -0.2) is 0 Å². The van der Waals surface area contributed by atoms with Crippen LogP contribution in [0.4, 0.5) is 13.2 Å². The highest BCUT2D eigenvalue weighted by molar-refractivity contribution is 5.61. The number of halogens is 3. The van der Waals surface area contributed by atoms with Gasteiger partial charge in [0.25, 0.3) is 0 Å². The summed E-state index contributed by atoms with van der Waals surface area (Å²) in [7, 11) is 0. The average molecular weight is 463 g/mol. The van der Waals surface area contributed by atoms with E-state index in [1.54, 1.807) is 6.07 Å². The van der Waals surface area contributed by atoms with Crippen molar-refractivity contribution in [2.24, 2.45) is 5.92 Å². The topological polar surface area (TPSA) is 34.9 Å². The summed E-state index contributed by atoms with van der Waals surface area (Å²) < 4.78 is 41.1. The van der Waals surface area contributed by atoms with Crippen molar-refractivity contribution in [1.29, 1.82) is 0 Å². The van der Waals surface area contributed by atoms with Gasteiger partial charge in [-0.15, -0.1) is 0 Å². The van der Waals surface area contributed by atoms with Gasteiger partial charge < -0.3 is 4.79 Å². The highest BCUT2D eigenvalue weighted by Crippen LogP contribution is 2.30. The van der Waals surface area contributed by atoms with E-state index >= 15 is 0 Å². The van der Waals surface area contributed by atoms with Crippen molar-refractivity contribution in [2.45, 2.75) is 32.5 Å². The van der Waals surface area contributed by atoms with Crippen LogP contribution in [-0.2, 0) is 30.4 Å². The van der Waals surface area contributed by atoms with Crippen LogP contribution in [0.2, 0.25) is 0 Å². The second-order valence-corrected chi connectivity index (χ2v) is 8.53. The maximum atomic E-state index is 13.1. The van der Waals surface area contributed by atoms with Crippen molar-refractivity contribution >= 4 is 6.29 Å². The van der Waals surface area contributed by atoms with Crippen LogP contribution in [0.1, 0.15) is 27.9 Å². The number of alkyl halides is 3. The van der Waals surface area contributed by atoms with Crippen LogP contribution in [0.25, 0.3) is 11.3 Å². The van der Waals surface area contributed by atoms with E-state index in [-0.39, 0.29) is 6.42 Å². The smallest absolute Gasteiger partial charge is 0.303 e. The number of aryl methyl sites for hydroxylation is 1. The number of benzene rings is 3. The maximum Gasteiger partial charge on any atom is 0.416 e. The second-order valence-electron chi connectivity index (χ2n) is 8.53. The normalized spacial score (nSPS) is 12.5. The van der Waals surface area contributed by atoms with E-state index in [1.807, 2.05) is 72.3 Å². The third kappa shape index (κ3) is 5.81. The van der Waals surface area contributed by atoms with Gasteiger partial charge in [0.1, 0.15) is 6.29 Å². The molecule has 3 nitrogen and oxygen atoms in total. The fourth-order valence-electron chi connectivity index (χ4n) is 4.02. The van der Waals surface area contributed by atoms with E-state index in [0.29, 0.717) is 18.5 Å². The largest absolute Gasteiger partial charge is 0.416 e. The van der Waals surface area contributed by atoms with E-state index in [4.69, 9.17) is 5.10 Å². The van der Waals surface area contributed by atoms with Gasteiger partial charge in [-0.05, 0) is 42.2 Å². The van der Waals surface area contributed by atoms with E-state index in [1.165, 1.54) is 6.07 Å². The first-order valence-corrected chi connectivity index (χ1v) is 11.1. The van der Waals surface area contributed by atoms with Crippen LogP contribution in [0.5, 0.6) is 0 Å². The number of hydrogen-bond acceptors (Lipinski definition) is 2. The highest BCUT2D eigenvalue weighted by atomic mass is 19.4. The minimum atomic E-state index is -4.41. The number of nitrogens with zero attached hydrogens (tertiary/aromatic N) is 2. The monoisotopic (exact) mass is 462 g/mol. The molecule has 0 spiro atoms. The Morgan fingerprint density at radius 2 is 1.59 bits per heavy atom. The quantitative estimate of drug-likeness (QED) is 0.279. The van der Waals surface area contributed by atoms with E-state index < -0.39 is 17.7 Å². The average Bonchev–Trinajstić information content (AvgIpc) is 3.21. The molecule has 0 N–H and O–H groups in total. The Hall–Kier alpha value is -3.67. The number of hydrogen-bond donors (Lipinski definition) is 0. The van der Waals surface area contributed by atoms with Crippen LogP contribution < -0.4 is 0 Å². The molecule has 4 aromatic rings. The number of rotatable bonds is 8. The second kappa shape index (κ2) is 10.1. The predicted octanol–water partition coefficient (Wildman–Crippen LogP) is 6.53. The first-order valence-electron chi connectivity index (χ1n) is 11.1. The van der Waals surface area contributed by atoms with Crippen molar-refractivity contribution in [2.75, 3.05) is 0 Å². The van der Waals surface area contributed by atoms with Gasteiger partial charge in [-0.3, -0.25) is 4.68 Å². The Morgan fingerprint density at radius 1 is 0.882 bits per heavy atom. The van der Waals surface area contributed by atoms with Crippen molar-refractivity contribution in [1.82, 2.24) is 9.78 Å². The van der Waals surface area contributed by atoms with Gasteiger partial charge in [0.2, 0.25) is 0 Å². The summed E-state index contributed by atoms with van der Waals surface area (Å²) in [6.45, 7) is 2.60. The molecule has 0 bridgehead atoms. The van der Waals surface area contributed by atoms with Crippen LogP contribution in [0, 0.1) is 12.8 Å². The van der Waals surface area contributed by atoms with E-state index in [9.17, 15) is 18.0 Å². The Labute approximate surface area is 196 Å². The Kier molecular flexibility index (Phi) is 6.96. The standard InChI is InChI=1S/C28H25F3N2O/c1-20-10-12-24(13-11-20)27-17-26(32-33(27)18-21-6-3-2-4-7-21)16-23(19-34)14-22-8-5-9-25(15-22)28(29,30)31/h2-13,15,17,19,23H,14,16,18H2,1H3. The SMILES string of the molecule is Cc1ccc(-c2cc(CC(C=O)Cc3cccc(C(F)(F)F)c3)nn2Cc2ccccc2)cc1. The molecular formula is C28H25F3N2O. The molecule has 0 amide bonds. The zero-order valence-corrected chi connectivity index (χ0v) is 18.8. The first-order chi connectivity index (χ1) is 16.3. The van der Waals surface area contributed by atoms with Gasteiger partial charge in [0.05, 0.1) is 23.5 Å². The molecule has 6 heteroatoms. The van der Waals surface area contributed by atoms with Crippen LogP contribution in [0.3, 0.4) is 0 Å². The molecule has 0 fully saturated rings. The van der Waals surface area contributed by atoms with Gasteiger partial charge in [0.15, 0.2) is 0 Å². The summed E-state index contributed by atoms with van der Waals surface area (Å²) >= 11 is 0. The summed E-state index contributed by atoms with van der Waals surface area (Å²) in [5, 5.41) is 4.77. The number of aromatic nitrogens is 2. The van der Waals surface area contributed by atoms with Crippen molar-refractivity contribution in [3.8, 4) is 11.3 Å². The molecule has 0 saturated heterocycles. The fourth-order valence-corrected chi connectivity index (χ4v) is 4.02. The zero-order chi connectivity index (χ0) is 24.1. The molecule has 174 valence electrons. The lowest BCUT2D eigenvalue weighted by atomic mass is 9.95. The van der Waals surface area contributed by atoms with Crippen LogP contribution in [0.15, 0.2) is 84.9 Å².